The molecule has 0 saturated carbocycles. The largest absolute Gasteiger partial charge is 0.379 e. The minimum Gasteiger partial charge on any atom is -0.379 e. The van der Waals surface area contributed by atoms with Crippen LogP contribution in [0.15, 0.2) is 24.3 Å². The van der Waals surface area contributed by atoms with Crippen LogP contribution in [0.1, 0.15) is 12.5 Å². The van der Waals surface area contributed by atoms with Crippen molar-refractivity contribution in [3.63, 3.8) is 0 Å². The van der Waals surface area contributed by atoms with Crippen molar-refractivity contribution in [2.75, 3.05) is 44.3 Å². The lowest BCUT2D eigenvalue weighted by atomic mass is 10.0. The molecule has 2 fully saturated rings. The molecule has 2 saturated heterocycles. The molecule has 0 spiro atoms. The summed E-state index contributed by atoms with van der Waals surface area (Å²) in [6.07, 6.45) is 0. The molecule has 1 aromatic carbocycles. The average Bonchev–Trinajstić information content (AvgIpc) is 2.90. The normalized spacial score (nSPS) is 27.5. The van der Waals surface area contributed by atoms with Gasteiger partial charge in [-0.25, -0.2) is 0 Å². The number of ether oxygens (including phenoxy) is 1. The molecule has 2 heterocycles. The lowest BCUT2D eigenvalue weighted by molar-refractivity contribution is 0.0134. The number of anilines is 1. The predicted octanol–water partition coefficient (Wildman–Crippen LogP) is 1.72. The molecule has 0 radical (unpaired) electrons. The Morgan fingerprint density at radius 3 is 2.50 bits per heavy atom. The fourth-order valence-electron chi connectivity index (χ4n) is 3.29. The van der Waals surface area contributed by atoms with Crippen molar-refractivity contribution in [1.29, 1.82) is 5.26 Å². The van der Waals surface area contributed by atoms with Crippen LogP contribution in [0.5, 0.6) is 0 Å². The summed E-state index contributed by atoms with van der Waals surface area (Å²) in [7, 11) is 0. The molecule has 0 aromatic heterocycles. The van der Waals surface area contributed by atoms with Crippen molar-refractivity contribution in [3.05, 3.63) is 29.8 Å². The predicted molar refractivity (Wildman–Crippen MR) is 78.7 cm³/mol. The van der Waals surface area contributed by atoms with Gasteiger partial charge in [-0.1, -0.05) is 6.92 Å². The van der Waals surface area contributed by atoms with Gasteiger partial charge in [-0.15, -0.1) is 0 Å². The number of morpholine rings is 1. The third-order valence-electron chi connectivity index (χ3n) is 4.45. The molecule has 0 N–H and O–H groups in total. The highest BCUT2D eigenvalue weighted by atomic mass is 16.5. The SMILES string of the molecule is C[C@@H]1CN(c2ccc(C#N)cc2)C[C@@H]1N1CCOCC1. The van der Waals surface area contributed by atoms with E-state index in [1.807, 2.05) is 12.1 Å². The van der Waals surface area contributed by atoms with Crippen molar-refractivity contribution in [3.8, 4) is 6.07 Å². The van der Waals surface area contributed by atoms with Gasteiger partial charge in [-0.05, 0) is 30.2 Å². The van der Waals surface area contributed by atoms with E-state index in [1.54, 1.807) is 0 Å². The first-order valence-electron chi connectivity index (χ1n) is 7.35. The number of rotatable bonds is 2. The van der Waals surface area contributed by atoms with Gasteiger partial charge in [-0.2, -0.15) is 5.26 Å². The molecule has 3 rings (SSSR count). The Bertz CT molecular complexity index is 487. The van der Waals surface area contributed by atoms with Gasteiger partial charge in [0.2, 0.25) is 0 Å². The van der Waals surface area contributed by atoms with Crippen LogP contribution in [-0.4, -0.2) is 50.3 Å². The molecule has 0 bridgehead atoms. The van der Waals surface area contributed by atoms with Gasteiger partial charge in [0.25, 0.3) is 0 Å². The summed E-state index contributed by atoms with van der Waals surface area (Å²) >= 11 is 0. The number of hydrogen-bond acceptors (Lipinski definition) is 4. The van der Waals surface area contributed by atoms with E-state index in [1.165, 1.54) is 5.69 Å². The van der Waals surface area contributed by atoms with E-state index in [0.29, 0.717) is 12.0 Å². The van der Waals surface area contributed by atoms with Crippen molar-refractivity contribution >= 4 is 5.69 Å². The van der Waals surface area contributed by atoms with Crippen molar-refractivity contribution in [2.45, 2.75) is 13.0 Å². The maximum atomic E-state index is 8.87. The van der Waals surface area contributed by atoms with E-state index in [-0.39, 0.29) is 0 Å². The van der Waals surface area contributed by atoms with Crippen LogP contribution in [0.25, 0.3) is 0 Å². The van der Waals surface area contributed by atoms with E-state index in [4.69, 9.17) is 10.00 Å². The Morgan fingerprint density at radius 2 is 1.85 bits per heavy atom. The van der Waals surface area contributed by atoms with Crippen LogP contribution in [0.3, 0.4) is 0 Å². The Balaban J connectivity index is 1.69. The minimum absolute atomic E-state index is 0.620. The van der Waals surface area contributed by atoms with Gasteiger partial charge in [0.15, 0.2) is 0 Å². The fraction of sp³-hybridized carbons (Fsp3) is 0.562. The Kier molecular flexibility index (Phi) is 3.90. The summed E-state index contributed by atoms with van der Waals surface area (Å²) < 4.78 is 5.45. The molecule has 0 amide bonds. The fourth-order valence-corrected chi connectivity index (χ4v) is 3.29. The quantitative estimate of drug-likeness (QED) is 0.821. The molecular weight excluding hydrogens is 250 g/mol. The van der Waals surface area contributed by atoms with Gasteiger partial charge < -0.3 is 9.64 Å². The van der Waals surface area contributed by atoms with Gasteiger partial charge >= 0.3 is 0 Å². The van der Waals surface area contributed by atoms with Crippen LogP contribution in [-0.2, 0) is 4.74 Å². The second kappa shape index (κ2) is 5.82. The number of benzene rings is 1. The third kappa shape index (κ3) is 2.65. The Hall–Kier alpha value is -1.57. The molecule has 106 valence electrons. The molecular formula is C16H21N3O. The van der Waals surface area contributed by atoms with Gasteiger partial charge in [-0.3, -0.25) is 4.90 Å². The van der Waals surface area contributed by atoms with Crippen LogP contribution in [0, 0.1) is 17.2 Å². The summed E-state index contributed by atoms with van der Waals surface area (Å²) in [6, 6.07) is 10.7. The van der Waals surface area contributed by atoms with Crippen LogP contribution in [0.4, 0.5) is 5.69 Å². The number of hydrogen-bond donors (Lipinski definition) is 0. The topological polar surface area (TPSA) is 39.5 Å². The van der Waals surface area contributed by atoms with Crippen molar-refractivity contribution in [2.24, 2.45) is 5.92 Å². The molecule has 4 heteroatoms. The molecule has 0 aliphatic carbocycles. The lowest BCUT2D eigenvalue weighted by Crippen LogP contribution is -2.46. The summed E-state index contributed by atoms with van der Waals surface area (Å²) in [5.41, 5.74) is 1.96. The highest BCUT2D eigenvalue weighted by molar-refractivity contribution is 5.50. The summed E-state index contributed by atoms with van der Waals surface area (Å²) in [4.78, 5) is 5.00. The first-order chi connectivity index (χ1) is 9.78. The monoisotopic (exact) mass is 271 g/mol. The van der Waals surface area contributed by atoms with E-state index in [2.05, 4.69) is 34.9 Å². The third-order valence-corrected chi connectivity index (χ3v) is 4.45. The molecule has 1 aromatic rings. The average molecular weight is 271 g/mol. The summed E-state index contributed by atoms with van der Waals surface area (Å²) in [6.45, 7) is 8.33. The molecule has 20 heavy (non-hydrogen) atoms. The zero-order valence-corrected chi connectivity index (χ0v) is 12.0. The van der Waals surface area contributed by atoms with Crippen LogP contribution < -0.4 is 4.90 Å². The maximum Gasteiger partial charge on any atom is 0.0991 e. The summed E-state index contributed by atoms with van der Waals surface area (Å²) in [5, 5.41) is 8.87. The number of nitrogens with zero attached hydrogens (tertiary/aromatic N) is 3. The lowest BCUT2D eigenvalue weighted by Gasteiger charge is -2.34. The first kappa shape index (κ1) is 13.4. The first-order valence-corrected chi connectivity index (χ1v) is 7.35. The molecule has 2 aliphatic heterocycles. The van der Waals surface area contributed by atoms with Gasteiger partial charge in [0.1, 0.15) is 0 Å². The number of nitriles is 1. The minimum atomic E-state index is 0.620. The van der Waals surface area contributed by atoms with E-state index in [0.717, 1.165) is 45.0 Å². The zero-order valence-electron chi connectivity index (χ0n) is 12.0. The standard InChI is InChI=1S/C16H21N3O/c1-13-11-19(15-4-2-14(10-17)3-5-15)12-16(13)18-6-8-20-9-7-18/h2-5,13,16H,6-9,11-12H2,1H3/t13-,16+/m1/s1. The Labute approximate surface area is 120 Å². The summed E-state index contributed by atoms with van der Waals surface area (Å²) in [5.74, 6) is 0.670. The van der Waals surface area contributed by atoms with E-state index < -0.39 is 0 Å². The van der Waals surface area contributed by atoms with Crippen molar-refractivity contribution < 1.29 is 4.74 Å². The molecule has 2 aliphatic rings. The highest BCUT2D eigenvalue weighted by Gasteiger charge is 2.34. The molecule has 2 atom stereocenters. The van der Waals surface area contributed by atoms with Gasteiger partial charge in [0.05, 0.1) is 24.8 Å². The highest BCUT2D eigenvalue weighted by Crippen LogP contribution is 2.27. The maximum absolute atomic E-state index is 8.87. The van der Waals surface area contributed by atoms with E-state index in [9.17, 15) is 0 Å². The van der Waals surface area contributed by atoms with E-state index >= 15 is 0 Å². The van der Waals surface area contributed by atoms with Gasteiger partial charge in [0, 0.05) is 37.9 Å². The van der Waals surface area contributed by atoms with Crippen molar-refractivity contribution in [1.82, 2.24) is 4.90 Å². The molecule has 4 nitrogen and oxygen atoms in total. The second-order valence-corrected chi connectivity index (χ2v) is 5.76. The smallest absolute Gasteiger partial charge is 0.0991 e. The molecule has 0 unspecified atom stereocenters. The Morgan fingerprint density at radius 1 is 1.15 bits per heavy atom. The van der Waals surface area contributed by atoms with Crippen LogP contribution in [0.2, 0.25) is 0 Å². The second-order valence-electron chi connectivity index (χ2n) is 5.76. The zero-order chi connectivity index (χ0) is 13.9. The van der Waals surface area contributed by atoms with Crippen LogP contribution >= 0.6 is 0 Å².